The van der Waals surface area contributed by atoms with Crippen molar-refractivity contribution in [3.63, 3.8) is 0 Å². The first-order valence-electron chi connectivity index (χ1n) is 13.8. The van der Waals surface area contributed by atoms with Crippen molar-refractivity contribution >= 4 is 26.8 Å². The van der Waals surface area contributed by atoms with Gasteiger partial charge in [-0.3, -0.25) is 4.44 Å². The Hall–Kier alpha value is -2.30. The average Bonchev–Trinajstić information content (AvgIpc) is 3.38. The molecule has 3 heteroatoms. The minimum Gasteiger partial charge on any atom is -0.251 e. The van der Waals surface area contributed by atoms with Crippen molar-refractivity contribution < 1.29 is 0 Å². The van der Waals surface area contributed by atoms with Gasteiger partial charge in [0.15, 0.2) is 0 Å². The number of hydrogen-bond acceptors (Lipinski definition) is 1. The van der Waals surface area contributed by atoms with Gasteiger partial charge in [0.2, 0.25) is 0 Å². The third-order valence-corrected chi connectivity index (χ3v) is 14.5. The molecular weight excluding hydrogens is 484 g/mol. The van der Waals surface area contributed by atoms with Crippen LogP contribution in [0.5, 0.6) is 0 Å². The molecule has 0 amide bonds. The second-order valence-electron chi connectivity index (χ2n) is 10.1. The van der Waals surface area contributed by atoms with Crippen molar-refractivity contribution in [1.82, 2.24) is 4.44 Å². The molecule has 0 radical (unpaired) electrons. The minimum atomic E-state index is -0.650. The van der Waals surface area contributed by atoms with Crippen LogP contribution in [0.2, 0.25) is 0 Å². The first kappa shape index (κ1) is 26.3. The summed E-state index contributed by atoms with van der Waals surface area (Å²) in [5.41, 5.74) is 7.07. The quantitative estimate of drug-likeness (QED) is 0.198. The van der Waals surface area contributed by atoms with E-state index < -0.39 is 16.1 Å². The van der Waals surface area contributed by atoms with E-state index in [1.165, 1.54) is 58.5 Å². The summed E-state index contributed by atoms with van der Waals surface area (Å²) < 4.78 is 3.04. The number of benzene rings is 4. The molecule has 0 bridgehead atoms. The molecule has 4 aromatic rings. The van der Waals surface area contributed by atoms with Crippen LogP contribution in [-0.4, -0.2) is 11.0 Å². The molecule has 5 rings (SSSR count). The van der Waals surface area contributed by atoms with Crippen LogP contribution < -0.4 is 10.6 Å². The number of aryl methyl sites for hydroxylation is 2. The van der Waals surface area contributed by atoms with Crippen LogP contribution in [0.3, 0.4) is 0 Å². The maximum Gasteiger partial charge on any atom is 0.0324 e. The Morgan fingerprint density at radius 2 is 1.08 bits per heavy atom. The Kier molecular flexibility index (Phi) is 8.89. The van der Waals surface area contributed by atoms with Gasteiger partial charge in [0.05, 0.1) is 0 Å². The summed E-state index contributed by atoms with van der Waals surface area (Å²) in [6.45, 7) is 8.12. The maximum atomic E-state index is 3.04. The van der Waals surface area contributed by atoms with Crippen molar-refractivity contribution in [2.45, 2.75) is 57.8 Å². The third kappa shape index (κ3) is 5.76. The minimum absolute atomic E-state index is 0.449. The highest BCUT2D eigenvalue weighted by Crippen LogP contribution is 2.76. The van der Waals surface area contributed by atoms with Gasteiger partial charge >= 0.3 is 0 Å². The summed E-state index contributed by atoms with van der Waals surface area (Å²) in [4.78, 5) is 0. The van der Waals surface area contributed by atoms with E-state index in [-0.39, 0.29) is 0 Å². The molecule has 1 nitrogen and oxygen atoms in total. The van der Waals surface area contributed by atoms with Crippen LogP contribution >= 0.6 is 16.1 Å². The van der Waals surface area contributed by atoms with E-state index in [1.54, 1.807) is 0 Å². The molecule has 0 N–H and O–H groups in total. The molecule has 2 unspecified atom stereocenters. The molecule has 190 valence electrons. The van der Waals surface area contributed by atoms with E-state index in [9.17, 15) is 0 Å². The highest BCUT2D eigenvalue weighted by Gasteiger charge is 2.44. The fourth-order valence-corrected chi connectivity index (χ4v) is 13.5. The lowest BCUT2D eigenvalue weighted by Crippen LogP contribution is -2.30. The van der Waals surface area contributed by atoms with E-state index in [0.717, 1.165) is 6.54 Å². The van der Waals surface area contributed by atoms with Crippen LogP contribution in [0.1, 0.15) is 66.2 Å². The smallest absolute Gasteiger partial charge is 0.0324 e. The van der Waals surface area contributed by atoms with E-state index in [0.29, 0.717) is 11.3 Å². The van der Waals surface area contributed by atoms with E-state index in [1.807, 2.05) is 0 Å². The predicted molar refractivity (Wildman–Crippen MR) is 165 cm³/mol. The standard InChI is InChI=1S/C34H39NP2/c1-4-5-26-35(36(31-22-14-12-16-27(31)2)32-23-15-13-17-28(32)3)37-33(29-18-8-6-9-19-29)24-25-34(37)30-20-10-7-11-21-30/h6-23,33-34H,4-5,24-26H2,1-3H3/t33-,34?,37?/m0/s1. The highest BCUT2D eigenvalue weighted by atomic mass is 31.2. The van der Waals surface area contributed by atoms with Gasteiger partial charge in [0.25, 0.3) is 0 Å². The fourth-order valence-electron chi connectivity index (χ4n) is 5.71. The summed E-state index contributed by atoms with van der Waals surface area (Å²) in [7, 11) is -1.10. The molecule has 1 saturated heterocycles. The summed E-state index contributed by atoms with van der Waals surface area (Å²) >= 11 is 0. The van der Waals surface area contributed by atoms with E-state index in [4.69, 9.17) is 0 Å². The van der Waals surface area contributed by atoms with Gasteiger partial charge in [-0.15, -0.1) is 0 Å². The second kappa shape index (κ2) is 12.5. The van der Waals surface area contributed by atoms with Crippen molar-refractivity contribution in [2.75, 3.05) is 6.54 Å². The lowest BCUT2D eigenvalue weighted by atomic mass is 10.0. The Balaban J connectivity index is 1.70. The van der Waals surface area contributed by atoms with Crippen LogP contribution in [0.4, 0.5) is 0 Å². The molecule has 0 aliphatic carbocycles. The lowest BCUT2D eigenvalue weighted by molar-refractivity contribution is 0.632. The zero-order chi connectivity index (χ0) is 25.6. The Labute approximate surface area is 226 Å². The summed E-state index contributed by atoms with van der Waals surface area (Å²) in [6, 6.07) is 41.1. The van der Waals surface area contributed by atoms with Gasteiger partial charge in [-0.1, -0.05) is 123 Å². The number of nitrogens with zero attached hydrogens (tertiary/aromatic N) is 1. The SMILES string of the molecule is CCCCN(P(c1ccccc1C)c1ccccc1C)P1C(c2ccccc2)CC[C@H]1c1ccccc1. The maximum absolute atomic E-state index is 3.04. The normalized spacial score (nSPS) is 19.5. The van der Waals surface area contributed by atoms with Crippen molar-refractivity contribution in [3.8, 4) is 0 Å². The fraction of sp³-hybridized carbons (Fsp3) is 0.294. The van der Waals surface area contributed by atoms with Gasteiger partial charge in [0, 0.05) is 25.9 Å². The Morgan fingerprint density at radius 1 is 0.649 bits per heavy atom. The molecule has 0 saturated carbocycles. The number of hydrogen-bond donors (Lipinski definition) is 0. The van der Waals surface area contributed by atoms with Crippen LogP contribution in [-0.2, 0) is 0 Å². The van der Waals surface area contributed by atoms with Gasteiger partial charge in [-0.2, -0.15) is 0 Å². The van der Waals surface area contributed by atoms with Crippen molar-refractivity contribution in [3.05, 3.63) is 131 Å². The first-order valence-corrected chi connectivity index (χ1v) is 16.5. The summed E-state index contributed by atoms with van der Waals surface area (Å²) in [5.74, 6) is 0. The van der Waals surface area contributed by atoms with Gasteiger partial charge in [-0.25, -0.2) is 0 Å². The van der Waals surface area contributed by atoms with Gasteiger partial charge in [-0.05, 0) is 74.0 Å². The molecule has 1 fully saturated rings. The molecular formula is C34H39NP2. The number of unbranched alkanes of at least 4 members (excludes halogenated alkanes) is 1. The third-order valence-electron chi connectivity index (χ3n) is 7.62. The van der Waals surface area contributed by atoms with Gasteiger partial charge in [0.1, 0.15) is 0 Å². The zero-order valence-corrected chi connectivity index (χ0v) is 24.2. The molecule has 0 aromatic heterocycles. The monoisotopic (exact) mass is 523 g/mol. The Morgan fingerprint density at radius 3 is 1.51 bits per heavy atom. The van der Waals surface area contributed by atoms with Crippen LogP contribution in [0.15, 0.2) is 109 Å². The molecule has 4 aromatic carbocycles. The molecule has 3 atom stereocenters. The largest absolute Gasteiger partial charge is 0.251 e. The second-order valence-corrected chi connectivity index (χ2v) is 15.0. The average molecular weight is 524 g/mol. The summed E-state index contributed by atoms with van der Waals surface area (Å²) in [5, 5.41) is 3.05. The Bertz CT molecular complexity index is 1180. The van der Waals surface area contributed by atoms with E-state index in [2.05, 4.69) is 134 Å². The van der Waals surface area contributed by atoms with Crippen molar-refractivity contribution in [1.29, 1.82) is 0 Å². The number of rotatable bonds is 9. The zero-order valence-electron chi connectivity index (χ0n) is 22.4. The van der Waals surface area contributed by atoms with Crippen LogP contribution in [0.25, 0.3) is 0 Å². The molecule has 37 heavy (non-hydrogen) atoms. The first-order chi connectivity index (χ1) is 18.2. The molecule has 1 aliphatic rings. The van der Waals surface area contributed by atoms with Crippen molar-refractivity contribution in [2.24, 2.45) is 0 Å². The lowest BCUT2D eigenvalue weighted by Gasteiger charge is -2.43. The highest BCUT2D eigenvalue weighted by molar-refractivity contribution is 7.79. The molecule has 1 heterocycles. The predicted octanol–water partition coefficient (Wildman–Crippen LogP) is 9.43. The van der Waals surface area contributed by atoms with E-state index >= 15 is 0 Å². The van der Waals surface area contributed by atoms with Gasteiger partial charge < -0.3 is 0 Å². The molecule has 1 aliphatic heterocycles. The topological polar surface area (TPSA) is 3.24 Å². The van der Waals surface area contributed by atoms with Crippen LogP contribution in [0, 0.1) is 13.8 Å². The molecule has 0 spiro atoms. The summed E-state index contributed by atoms with van der Waals surface area (Å²) in [6.07, 6.45) is 4.99.